The fourth-order valence-corrected chi connectivity index (χ4v) is 2.28. The molecule has 1 aromatic heterocycles. The van der Waals surface area contributed by atoms with E-state index in [2.05, 4.69) is 10.4 Å². The molecule has 1 aromatic carbocycles. The van der Waals surface area contributed by atoms with Crippen LogP contribution in [0, 0.1) is 0 Å². The first kappa shape index (κ1) is 15.5. The molecule has 112 valence electrons. The van der Waals surface area contributed by atoms with E-state index in [9.17, 15) is 4.79 Å². The maximum Gasteiger partial charge on any atom is 0.364 e. The van der Waals surface area contributed by atoms with Crippen LogP contribution in [0.25, 0.3) is 0 Å². The minimum atomic E-state index is -0.250. The van der Waals surface area contributed by atoms with Crippen molar-refractivity contribution >= 4 is 29.7 Å². The highest BCUT2D eigenvalue weighted by atomic mass is 35.5. The van der Waals surface area contributed by atoms with Gasteiger partial charge in [0.05, 0.1) is 12.6 Å². The van der Waals surface area contributed by atoms with E-state index in [1.165, 1.54) is 9.36 Å². The Morgan fingerprint density at radius 1 is 1.29 bits per heavy atom. The van der Waals surface area contributed by atoms with E-state index in [1.807, 2.05) is 0 Å². The van der Waals surface area contributed by atoms with E-state index in [-0.39, 0.29) is 24.7 Å². The molecule has 2 aromatic rings. The minimum absolute atomic E-state index is 0.214. The van der Waals surface area contributed by atoms with E-state index in [0.29, 0.717) is 15.6 Å². The third-order valence-corrected chi connectivity index (χ3v) is 3.63. The molecule has 1 aliphatic rings. The molecule has 3 rings (SSSR count). The van der Waals surface area contributed by atoms with E-state index >= 15 is 0 Å². The molecular formula is C12H12Cl2N4O3. The second kappa shape index (κ2) is 6.73. The summed E-state index contributed by atoms with van der Waals surface area (Å²) in [6, 6.07) is 5.45. The van der Waals surface area contributed by atoms with E-state index in [1.54, 1.807) is 18.2 Å². The van der Waals surface area contributed by atoms with Crippen LogP contribution in [0.3, 0.4) is 0 Å². The van der Waals surface area contributed by atoms with Gasteiger partial charge < -0.3 is 5.11 Å². The first-order valence-corrected chi connectivity index (χ1v) is 6.87. The van der Waals surface area contributed by atoms with Crippen LogP contribution in [0.1, 0.15) is 24.4 Å². The lowest BCUT2D eigenvalue weighted by atomic mass is 10.2. The van der Waals surface area contributed by atoms with Gasteiger partial charge in [-0.15, -0.1) is 0 Å². The Balaban J connectivity index is 0.000000497. The highest BCUT2D eigenvalue weighted by Crippen LogP contribution is 2.32. The molecule has 7 nitrogen and oxygen atoms in total. The number of tetrazole rings is 1. The van der Waals surface area contributed by atoms with Crippen LogP contribution in [-0.4, -0.2) is 31.4 Å². The standard InChI is InChI=1S/C11H10Cl2N4O.CH2O2/c12-9-2-1-3-10(13)8(9)6-16-11(18)17(15-14-16)7-4-5-7;2-1-3/h1-3,7H,4-6H2;1H,(H,2,3). The molecule has 0 unspecified atom stereocenters. The van der Waals surface area contributed by atoms with Crippen LogP contribution in [0.4, 0.5) is 0 Å². The predicted octanol–water partition coefficient (Wildman–Crippen LogP) is 1.83. The van der Waals surface area contributed by atoms with Crippen molar-refractivity contribution in [2.24, 2.45) is 0 Å². The molecular weight excluding hydrogens is 319 g/mol. The van der Waals surface area contributed by atoms with Crippen LogP contribution in [0.15, 0.2) is 23.0 Å². The first-order valence-electron chi connectivity index (χ1n) is 6.11. The Labute approximate surface area is 129 Å². The van der Waals surface area contributed by atoms with Gasteiger partial charge in [0.1, 0.15) is 0 Å². The Kier molecular flexibility index (Phi) is 4.98. The molecule has 1 saturated carbocycles. The number of benzene rings is 1. The molecule has 9 heteroatoms. The van der Waals surface area contributed by atoms with Gasteiger partial charge in [-0.25, -0.2) is 4.79 Å². The highest BCUT2D eigenvalue weighted by Gasteiger charge is 2.28. The normalized spacial score (nSPS) is 13.4. The van der Waals surface area contributed by atoms with E-state index in [4.69, 9.17) is 33.1 Å². The summed E-state index contributed by atoms with van der Waals surface area (Å²) in [4.78, 5) is 20.4. The summed E-state index contributed by atoms with van der Waals surface area (Å²) in [7, 11) is 0. The zero-order valence-corrected chi connectivity index (χ0v) is 12.3. The maximum absolute atomic E-state index is 12.0. The molecule has 21 heavy (non-hydrogen) atoms. The number of halogens is 2. The van der Waals surface area contributed by atoms with Crippen LogP contribution in [0.5, 0.6) is 0 Å². The number of rotatable bonds is 3. The molecule has 0 bridgehead atoms. The van der Waals surface area contributed by atoms with Crippen LogP contribution < -0.4 is 5.69 Å². The number of hydrogen-bond acceptors (Lipinski definition) is 4. The third kappa shape index (κ3) is 3.62. The molecule has 1 heterocycles. The van der Waals surface area contributed by atoms with Gasteiger partial charge in [0.2, 0.25) is 0 Å². The summed E-state index contributed by atoms with van der Waals surface area (Å²) in [6.07, 6.45) is 1.98. The van der Waals surface area contributed by atoms with E-state index < -0.39 is 0 Å². The average Bonchev–Trinajstić information content (AvgIpc) is 3.21. The number of carboxylic acid groups (broad SMARTS) is 1. The van der Waals surface area contributed by atoms with Gasteiger partial charge in [-0.05, 0) is 35.4 Å². The second-order valence-corrected chi connectivity index (χ2v) is 5.21. The van der Waals surface area contributed by atoms with Gasteiger partial charge in [-0.1, -0.05) is 29.3 Å². The second-order valence-electron chi connectivity index (χ2n) is 4.40. The Hall–Kier alpha value is -1.86. The first-order chi connectivity index (χ1) is 10.1. The Morgan fingerprint density at radius 2 is 1.86 bits per heavy atom. The Morgan fingerprint density at radius 3 is 2.38 bits per heavy atom. The molecule has 0 saturated heterocycles. The third-order valence-electron chi connectivity index (χ3n) is 2.92. The van der Waals surface area contributed by atoms with Gasteiger partial charge >= 0.3 is 5.69 Å². The number of nitrogens with zero attached hydrogens (tertiary/aromatic N) is 4. The van der Waals surface area contributed by atoms with Crippen molar-refractivity contribution in [3.05, 3.63) is 44.3 Å². The van der Waals surface area contributed by atoms with Crippen molar-refractivity contribution in [2.75, 3.05) is 0 Å². The summed E-state index contributed by atoms with van der Waals surface area (Å²) in [5.74, 6) is 0. The smallest absolute Gasteiger partial charge is 0.364 e. The quantitative estimate of drug-likeness (QED) is 0.867. The highest BCUT2D eigenvalue weighted by molar-refractivity contribution is 6.35. The molecule has 0 radical (unpaired) electrons. The fourth-order valence-electron chi connectivity index (χ4n) is 1.77. The maximum atomic E-state index is 12.0. The van der Waals surface area contributed by atoms with Gasteiger partial charge in [0.15, 0.2) is 0 Å². The Bertz CT molecular complexity index is 674. The number of carbonyl (C=O) groups is 1. The minimum Gasteiger partial charge on any atom is -0.483 e. The van der Waals surface area contributed by atoms with Crippen LogP contribution in [-0.2, 0) is 11.3 Å². The molecule has 1 N–H and O–H groups in total. The van der Waals surface area contributed by atoms with Crippen molar-refractivity contribution in [1.29, 1.82) is 0 Å². The predicted molar refractivity (Wildman–Crippen MR) is 76.8 cm³/mol. The van der Waals surface area contributed by atoms with Crippen molar-refractivity contribution in [3.8, 4) is 0 Å². The summed E-state index contributed by atoms with van der Waals surface area (Å²) in [5, 5.41) is 15.7. The molecule has 0 spiro atoms. The average molecular weight is 331 g/mol. The zero-order valence-electron chi connectivity index (χ0n) is 10.8. The van der Waals surface area contributed by atoms with Crippen molar-refractivity contribution in [2.45, 2.75) is 25.4 Å². The largest absolute Gasteiger partial charge is 0.483 e. The monoisotopic (exact) mass is 330 g/mol. The lowest BCUT2D eigenvalue weighted by Crippen LogP contribution is -2.25. The van der Waals surface area contributed by atoms with E-state index in [0.717, 1.165) is 12.8 Å². The van der Waals surface area contributed by atoms with Crippen molar-refractivity contribution < 1.29 is 9.90 Å². The van der Waals surface area contributed by atoms with Gasteiger partial charge in [0.25, 0.3) is 6.47 Å². The van der Waals surface area contributed by atoms with Gasteiger partial charge in [0, 0.05) is 15.6 Å². The number of aromatic nitrogens is 4. The summed E-state index contributed by atoms with van der Waals surface area (Å²) < 4.78 is 2.70. The van der Waals surface area contributed by atoms with Gasteiger partial charge in [-0.2, -0.15) is 9.36 Å². The molecule has 1 fully saturated rings. The summed E-state index contributed by atoms with van der Waals surface area (Å²) >= 11 is 12.1. The van der Waals surface area contributed by atoms with Crippen molar-refractivity contribution in [3.63, 3.8) is 0 Å². The topological polar surface area (TPSA) is 90.0 Å². The molecule has 0 aliphatic heterocycles. The van der Waals surface area contributed by atoms with Crippen LogP contribution >= 0.6 is 23.2 Å². The number of hydrogen-bond donors (Lipinski definition) is 1. The lowest BCUT2D eigenvalue weighted by Gasteiger charge is -2.04. The van der Waals surface area contributed by atoms with Crippen molar-refractivity contribution in [1.82, 2.24) is 19.8 Å². The lowest BCUT2D eigenvalue weighted by molar-refractivity contribution is -0.122. The summed E-state index contributed by atoms with van der Waals surface area (Å²) in [5.41, 5.74) is 0.472. The molecule has 0 amide bonds. The molecule has 0 atom stereocenters. The molecule has 1 aliphatic carbocycles. The summed E-state index contributed by atoms with van der Waals surface area (Å²) in [6.45, 7) is -0.00986. The zero-order chi connectivity index (χ0) is 15.4. The SMILES string of the molecule is O=CO.O=c1n(Cc2c(Cl)cccc2Cl)nnn1C1CC1. The van der Waals surface area contributed by atoms with Gasteiger partial charge in [-0.3, -0.25) is 4.79 Å². The fraction of sp³-hybridized carbons (Fsp3) is 0.333. The van der Waals surface area contributed by atoms with Crippen LogP contribution in [0.2, 0.25) is 10.0 Å².